The Balaban J connectivity index is 2.44. The smallest absolute Gasteiger partial charge is 0.419 e. The highest BCUT2D eigenvalue weighted by Crippen LogP contribution is 2.44. The van der Waals surface area contributed by atoms with Crippen LogP contribution >= 0.6 is 11.6 Å². The minimum Gasteiger partial charge on any atom is -0.458 e. The molecule has 1 aromatic heterocycles. The third-order valence-electron chi connectivity index (χ3n) is 2.62. The molecule has 0 saturated carbocycles. The van der Waals surface area contributed by atoms with Crippen molar-refractivity contribution in [3.8, 4) is 5.75 Å². The molecule has 1 amide bonds. The van der Waals surface area contributed by atoms with E-state index in [1.165, 1.54) is 13.3 Å². The number of hydrogen-bond acceptors (Lipinski definition) is 6. The number of carbonyl (C=O) groups is 1. The summed E-state index contributed by atoms with van der Waals surface area (Å²) in [6, 6.07) is 0. The summed E-state index contributed by atoms with van der Waals surface area (Å²) in [5, 5.41) is 9.61. The topological polar surface area (TPSA) is 84.8 Å². The summed E-state index contributed by atoms with van der Waals surface area (Å²) in [6.07, 6.45) is 0.535. The molecular weight excluding hydrogens is 286 g/mol. The molecule has 1 aliphatic heterocycles. The number of ether oxygens (including phenoxy) is 2. The Morgan fingerprint density at radius 2 is 2.20 bits per heavy atom. The first kappa shape index (κ1) is 14.8. The highest BCUT2D eigenvalue weighted by atomic mass is 35.5. The van der Waals surface area contributed by atoms with Crippen molar-refractivity contribution in [2.75, 3.05) is 11.5 Å². The lowest BCUT2D eigenvalue weighted by molar-refractivity contribution is 0.0161. The number of hydrogen-bond donors (Lipinski definition) is 1. The number of anilines is 1. The summed E-state index contributed by atoms with van der Waals surface area (Å²) < 4.78 is 10.8. The molecule has 0 fully saturated rings. The monoisotopic (exact) mass is 301 g/mol. The van der Waals surface area contributed by atoms with E-state index >= 15 is 0 Å². The quantitative estimate of drug-likeness (QED) is 0.798. The van der Waals surface area contributed by atoms with E-state index in [1.54, 1.807) is 20.8 Å². The molecule has 0 saturated heterocycles. The first-order valence-corrected chi connectivity index (χ1v) is 6.39. The van der Waals surface area contributed by atoms with E-state index in [1.807, 2.05) is 0 Å². The third-order valence-corrected chi connectivity index (χ3v) is 2.89. The zero-order chi connectivity index (χ0) is 15.1. The van der Waals surface area contributed by atoms with Crippen molar-refractivity contribution in [1.29, 1.82) is 0 Å². The highest BCUT2D eigenvalue weighted by molar-refractivity contribution is 6.31. The van der Waals surface area contributed by atoms with Crippen LogP contribution in [0, 0.1) is 0 Å². The predicted octanol–water partition coefficient (Wildman–Crippen LogP) is 1.97. The average Bonchev–Trinajstić information content (AvgIpc) is 2.62. The van der Waals surface area contributed by atoms with E-state index < -0.39 is 24.0 Å². The molecule has 0 bridgehead atoms. The maximum atomic E-state index is 12.3. The van der Waals surface area contributed by atoms with Gasteiger partial charge in [0.15, 0.2) is 11.0 Å². The van der Waals surface area contributed by atoms with Crippen LogP contribution in [0.1, 0.15) is 27.7 Å². The van der Waals surface area contributed by atoms with E-state index in [4.69, 9.17) is 21.1 Å². The van der Waals surface area contributed by atoms with Crippen LogP contribution in [0.4, 0.5) is 10.6 Å². The van der Waals surface area contributed by atoms with E-state index in [0.717, 1.165) is 4.90 Å². The molecule has 0 aliphatic carbocycles. The summed E-state index contributed by atoms with van der Waals surface area (Å²) in [5.74, 6) is 0.326. The zero-order valence-corrected chi connectivity index (χ0v) is 12.4. The Morgan fingerprint density at radius 1 is 1.55 bits per heavy atom. The molecule has 0 spiro atoms. The van der Waals surface area contributed by atoms with Crippen molar-refractivity contribution < 1.29 is 19.4 Å². The first-order valence-electron chi connectivity index (χ1n) is 6.01. The van der Waals surface area contributed by atoms with Crippen LogP contribution < -0.4 is 9.64 Å². The van der Waals surface area contributed by atoms with Crippen molar-refractivity contribution in [2.24, 2.45) is 0 Å². The number of nitrogens with zero attached hydrogens (tertiary/aromatic N) is 3. The number of fused-ring (bicyclic) bond motifs is 1. The fraction of sp³-hybridized carbons (Fsp3) is 0.583. The van der Waals surface area contributed by atoms with Crippen LogP contribution in [-0.2, 0) is 4.74 Å². The number of aliphatic hydroxyl groups excluding tert-OH is 1. The van der Waals surface area contributed by atoms with Gasteiger partial charge in [-0.05, 0) is 27.7 Å². The maximum absolute atomic E-state index is 12.3. The lowest BCUT2D eigenvalue weighted by atomic mass is 10.2. The summed E-state index contributed by atoms with van der Waals surface area (Å²) in [4.78, 5) is 21.2. The van der Waals surface area contributed by atoms with Gasteiger partial charge in [-0.3, -0.25) is 0 Å². The van der Waals surface area contributed by atoms with Crippen molar-refractivity contribution in [2.45, 2.75) is 39.0 Å². The second-order valence-electron chi connectivity index (χ2n) is 5.57. The van der Waals surface area contributed by atoms with E-state index in [-0.39, 0.29) is 16.7 Å². The van der Waals surface area contributed by atoms with E-state index in [9.17, 15) is 9.90 Å². The van der Waals surface area contributed by atoms with Gasteiger partial charge in [0.05, 0.1) is 0 Å². The molecule has 7 nitrogen and oxygen atoms in total. The summed E-state index contributed by atoms with van der Waals surface area (Å²) in [7, 11) is 0. The molecule has 110 valence electrons. The van der Waals surface area contributed by atoms with Crippen molar-refractivity contribution >= 4 is 23.5 Å². The number of carbonyl (C=O) groups excluding carboxylic acids is 1. The third kappa shape index (κ3) is 2.51. The van der Waals surface area contributed by atoms with Crippen LogP contribution in [0.5, 0.6) is 5.75 Å². The molecule has 2 rings (SSSR count). The second kappa shape index (κ2) is 4.75. The van der Waals surface area contributed by atoms with Gasteiger partial charge in [-0.25, -0.2) is 19.7 Å². The molecule has 0 radical (unpaired) electrons. The van der Waals surface area contributed by atoms with Crippen LogP contribution in [0.3, 0.4) is 0 Å². The number of amides is 1. The normalized spacial score (nSPS) is 21.4. The van der Waals surface area contributed by atoms with Gasteiger partial charge in [-0.15, -0.1) is 0 Å². The minimum absolute atomic E-state index is 0.0701. The van der Waals surface area contributed by atoms with Gasteiger partial charge in [-0.1, -0.05) is 11.6 Å². The number of rotatable bonds is 1. The maximum Gasteiger partial charge on any atom is 0.419 e. The van der Waals surface area contributed by atoms with Crippen LogP contribution in [0.15, 0.2) is 6.33 Å². The Hall–Kier alpha value is -1.60. The summed E-state index contributed by atoms with van der Waals surface area (Å²) in [5.41, 5.74) is -2.02. The molecule has 0 aromatic carbocycles. The SMILES string of the molecule is CC(C)(C)OC(=O)N1c2ncnc(Cl)c2OC1(C)CO. The number of halogens is 1. The van der Waals surface area contributed by atoms with Crippen molar-refractivity contribution in [3.05, 3.63) is 11.5 Å². The standard InChI is InChI=1S/C12H16ClN3O4/c1-11(2,3)20-10(18)16-9-7(8(13)14-6-15-9)19-12(16,4)5-17/h6,17H,5H2,1-4H3. The largest absolute Gasteiger partial charge is 0.458 e. The van der Waals surface area contributed by atoms with Gasteiger partial charge in [-0.2, -0.15) is 0 Å². The van der Waals surface area contributed by atoms with Gasteiger partial charge in [0.1, 0.15) is 18.5 Å². The highest BCUT2D eigenvalue weighted by Gasteiger charge is 2.49. The lowest BCUT2D eigenvalue weighted by Gasteiger charge is -2.32. The average molecular weight is 302 g/mol. The second-order valence-corrected chi connectivity index (χ2v) is 5.93. The fourth-order valence-electron chi connectivity index (χ4n) is 1.77. The zero-order valence-electron chi connectivity index (χ0n) is 11.7. The predicted molar refractivity (Wildman–Crippen MR) is 71.9 cm³/mol. The summed E-state index contributed by atoms with van der Waals surface area (Å²) in [6.45, 7) is 6.32. The molecule has 1 aromatic rings. The van der Waals surface area contributed by atoms with Crippen molar-refractivity contribution in [1.82, 2.24) is 9.97 Å². The Bertz CT molecular complexity index is 546. The van der Waals surface area contributed by atoms with E-state index in [0.29, 0.717) is 0 Å². The van der Waals surface area contributed by atoms with Crippen molar-refractivity contribution in [3.63, 3.8) is 0 Å². The molecule has 1 atom stereocenters. The number of aliphatic hydroxyl groups is 1. The number of aromatic nitrogens is 2. The van der Waals surface area contributed by atoms with Gasteiger partial charge in [0, 0.05) is 0 Å². The van der Waals surface area contributed by atoms with Crippen LogP contribution in [-0.4, -0.2) is 39.1 Å². The molecule has 1 aliphatic rings. The van der Waals surface area contributed by atoms with Gasteiger partial charge >= 0.3 is 6.09 Å². The fourth-order valence-corrected chi connectivity index (χ4v) is 1.94. The molecule has 2 heterocycles. The Morgan fingerprint density at radius 3 is 2.75 bits per heavy atom. The summed E-state index contributed by atoms with van der Waals surface area (Å²) >= 11 is 5.92. The van der Waals surface area contributed by atoms with Gasteiger partial charge in [0.25, 0.3) is 0 Å². The molecule has 1 N–H and O–H groups in total. The molecule has 20 heavy (non-hydrogen) atoms. The van der Waals surface area contributed by atoms with Crippen LogP contribution in [0.2, 0.25) is 5.15 Å². The molecule has 1 unspecified atom stereocenters. The van der Waals surface area contributed by atoms with Gasteiger partial charge in [0.2, 0.25) is 11.5 Å². The van der Waals surface area contributed by atoms with Gasteiger partial charge < -0.3 is 14.6 Å². The minimum atomic E-state index is -1.33. The molecular formula is C12H16ClN3O4. The first-order chi connectivity index (χ1) is 9.18. The van der Waals surface area contributed by atoms with Crippen LogP contribution in [0.25, 0.3) is 0 Å². The Labute approximate surface area is 121 Å². The Kier molecular flexibility index (Phi) is 3.51. The molecule has 8 heteroatoms. The van der Waals surface area contributed by atoms with E-state index in [2.05, 4.69) is 9.97 Å². The lowest BCUT2D eigenvalue weighted by Crippen LogP contribution is -2.54.